The molecular weight excluding hydrogens is 309 g/mol. The summed E-state index contributed by atoms with van der Waals surface area (Å²) in [6.07, 6.45) is 1.38. The maximum absolute atomic E-state index is 12.9. The Bertz CT molecular complexity index is 681. The molecular formula is C11H14FNO5S2. The lowest BCUT2D eigenvalue weighted by Crippen LogP contribution is -2.40. The molecule has 0 aliphatic carbocycles. The maximum Gasteiger partial charge on any atom is 0.332 e. The highest BCUT2D eigenvalue weighted by molar-refractivity contribution is 7.89. The van der Waals surface area contributed by atoms with Crippen molar-refractivity contribution in [3.63, 3.8) is 0 Å². The highest BCUT2D eigenvalue weighted by Gasteiger charge is 2.23. The van der Waals surface area contributed by atoms with Gasteiger partial charge in [-0.1, -0.05) is 6.07 Å². The number of hydrogen-bond acceptors (Lipinski definition) is 5. The molecule has 1 aliphatic rings. The van der Waals surface area contributed by atoms with Crippen LogP contribution in [-0.2, 0) is 25.0 Å². The summed E-state index contributed by atoms with van der Waals surface area (Å²) in [4.78, 5) is -0.970. The summed E-state index contributed by atoms with van der Waals surface area (Å²) in [5.74, 6) is 0. The molecule has 1 aromatic rings. The predicted molar refractivity (Wildman–Crippen MR) is 68.9 cm³/mol. The van der Waals surface area contributed by atoms with Gasteiger partial charge in [0, 0.05) is 12.6 Å². The van der Waals surface area contributed by atoms with Crippen molar-refractivity contribution in [2.75, 3.05) is 13.2 Å². The minimum atomic E-state index is -4.94. The van der Waals surface area contributed by atoms with Gasteiger partial charge in [-0.2, -0.15) is 8.42 Å². The molecule has 1 fully saturated rings. The van der Waals surface area contributed by atoms with Gasteiger partial charge in [-0.25, -0.2) is 13.1 Å². The van der Waals surface area contributed by atoms with Gasteiger partial charge >= 0.3 is 10.2 Å². The fraction of sp³-hybridized carbons (Fsp3) is 0.455. The van der Waals surface area contributed by atoms with E-state index < -0.39 is 25.1 Å². The zero-order valence-corrected chi connectivity index (χ0v) is 12.1. The molecule has 9 heteroatoms. The number of benzene rings is 1. The number of halogens is 1. The summed E-state index contributed by atoms with van der Waals surface area (Å²) in [6.45, 7) is 0.855. The average molecular weight is 323 g/mol. The Balaban J connectivity index is 2.25. The monoisotopic (exact) mass is 323 g/mol. The molecule has 1 N–H and O–H groups in total. The van der Waals surface area contributed by atoms with Crippen molar-refractivity contribution in [1.82, 2.24) is 4.72 Å². The number of nitrogens with one attached hydrogen (secondary N) is 1. The van der Waals surface area contributed by atoms with Gasteiger partial charge in [-0.05, 0) is 31.0 Å². The second kappa shape index (κ2) is 5.76. The van der Waals surface area contributed by atoms with Gasteiger partial charge in [0.15, 0.2) is 0 Å². The predicted octanol–water partition coefficient (Wildman–Crippen LogP) is 0.802. The molecule has 0 saturated carbocycles. The van der Waals surface area contributed by atoms with Gasteiger partial charge in [0.2, 0.25) is 10.0 Å². The van der Waals surface area contributed by atoms with Crippen LogP contribution in [0.1, 0.15) is 12.8 Å². The second-order valence-electron chi connectivity index (χ2n) is 4.45. The van der Waals surface area contributed by atoms with Gasteiger partial charge in [0.05, 0.1) is 16.4 Å². The van der Waals surface area contributed by atoms with Crippen LogP contribution in [0.25, 0.3) is 0 Å². The van der Waals surface area contributed by atoms with Crippen molar-refractivity contribution < 1.29 is 25.5 Å². The lowest BCUT2D eigenvalue weighted by molar-refractivity contribution is 0.0774. The van der Waals surface area contributed by atoms with Gasteiger partial charge in [-0.3, -0.25) is 0 Å². The summed E-state index contributed by atoms with van der Waals surface area (Å²) in [6, 6.07) is 3.82. The Hall–Kier alpha value is -1.03. The van der Waals surface area contributed by atoms with E-state index in [1.165, 1.54) is 12.1 Å². The molecule has 1 aromatic carbocycles. The minimum Gasteiger partial charge on any atom is -0.380 e. The summed E-state index contributed by atoms with van der Waals surface area (Å²) >= 11 is 0. The zero-order chi connectivity index (χ0) is 14.8. The SMILES string of the molecule is O=S(=O)(F)c1cccc(S(=O)(=O)NC2CCCOC2)c1. The minimum absolute atomic E-state index is 0.264. The van der Waals surface area contributed by atoms with Crippen LogP contribution >= 0.6 is 0 Å². The molecule has 0 amide bonds. The Kier molecular flexibility index (Phi) is 4.43. The van der Waals surface area contributed by atoms with E-state index in [2.05, 4.69) is 4.72 Å². The molecule has 1 saturated heterocycles. The van der Waals surface area contributed by atoms with Crippen molar-refractivity contribution in [3.8, 4) is 0 Å². The van der Waals surface area contributed by atoms with Crippen LogP contribution < -0.4 is 4.72 Å². The van der Waals surface area contributed by atoms with Crippen molar-refractivity contribution in [3.05, 3.63) is 24.3 Å². The highest BCUT2D eigenvalue weighted by atomic mass is 32.3. The first-order valence-electron chi connectivity index (χ1n) is 5.94. The van der Waals surface area contributed by atoms with Crippen molar-refractivity contribution >= 4 is 20.2 Å². The fourth-order valence-electron chi connectivity index (χ4n) is 1.91. The maximum atomic E-state index is 12.9. The fourth-order valence-corrected chi connectivity index (χ4v) is 3.80. The van der Waals surface area contributed by atoms with Crippen molar-refractivity contribution in [2.45, 2.75) is 28.7 Å². The Morgan fingerprint density at radius 1 is 1.20 bits per heavy atom. The van der Waals surface area contributed by atoms with Gasteiger partial charge in [-0.15, -0.1) is 3.89 Å². The smallest absolute Gasteiger partial charge is 0.332 e. The molecule has 0 spiro atoms. The molecule has 1 heterocycles. The molecule has 0 bridgehead atoms. The molecule has 6 nitrogen and oxygen atoms in total. The third kappa shape index (κ3) is 3.75. The number of rotatable bonds is 4. The van der Waals surface area contributed by atoms with E-state index in [9.17, 15) is 20.7 Å². The van der Waals surface area contributed by atoms with E-state index in [1.54, 1.807) is 0 Å². The third-order valence-electron chi connectivity index (χ3n) is 2.88. The van der Waals surface area contributed by atoms with Crippen LogP contribution in [0.3, 0.4) is 0 Å². The van der Waals surface area contributed by atoms with Crippen LogP contribution in [0, 0.1) is 0 Å². The Labute approximate surface area is 117 Å². The Morgan fingerprint density at radius 2 is 1.90 bits per heavy atom. The number of hydrogen-bond donors (Lipinski definition) is 1. The number of sulfonamides is 1. The highest BCUT2D eigenvalue weighted by Crippen LogP contribution is 2.18. The number of ether oxygens (including phenoxy) is 1. The standard InChI is InChI=1S/C11H14FNO5S2/c12-19(14,15)10-4-1-5-11(7-10)20(16,17)13-9-3-2-6-18-8-9/h1,4-5,7,9,13H,2-3,6,8H2. The van der Waals surface area contributed by atoms with E-state index >= 15 is 0 Å². The Morgan fingerprint density at radius 3 is 2.50 bits per heavy atom. The van der Waals surface area contributed by atoms with Gasteiger partial charge in [0.25, 0.3) is 0 Å². The van der Waals surface area contributed by atoms with E-state index in [1.807, 2.05) is 0 Å². The second-order valence-corrected chi connectivity index (χ2v) is 7.51. The molecule has 2 rings (SSSR count). The van der Waals surface area contributed by atoms with Crippen LogP contribution in [0.5, 0.6) is 0 Å². The molecule has 1 unspecified atom stereocenters. The van der Waals surface area contributed by atoms with Crippen LogP contribution in [0.2, 0.25) is 0 Å². The van der Waals surface area contributed by atoms with E-state index in [0.29, 0.717) is 13.0 Å². The van der Waals surface area contributed by atoms with E-state index in [-0.39, 0.29) is 17.5 Å². The van der Waals surface area contributed by atoms with Gasteiger partial charge in [0.1, 0.15) is 0 Å². The first kappa shape index (κ1) is 15.4. The lowest BCUT2D eigenvalue weighted by atomic mass is 10.1. The third-order valence-corrected chi connectivity index (χ3v) is 5.21. The van der Waals surface area contributed by atoms with Crippen molar-refractivity contribution in [2.24, 2.45) is 0 Å². The summed E-state index contributed by atoms with van der Waals surface area (Å²) in [5.41, 5.74) is 0. The molecule has 0 aromatic heterocycles. The molecule has 112 valence electrons. The lowest BCUT2D eigenvalue weighted by Gasteiger charge is -2.23. The van der Waals surface area contributed by atoms with Gasteiger partial charge < -0.3 is 4.74 Å². The molecule has 1 atom stereocenters. The van der Waals surface area contributed by atoms with E-state index in [0.717, 1.165) is 18.6 Å². The summed E-state index contributed by atoms with van der Waals surface area (Å²) < 4.78 is 66.3. The molecule has 20 heavy (non-hydrogen) atoms. The molecule has 1 aliphatic heterocycles. The summed E-state index contributed by atoms with van der Waals surface area (Å²) in [7, 11) is -8.84. The molecule has 0 radical (unpaired) electrons. The van der Waals surface area contributed by atoms with Crippen LogP contribution in [0.15, 0.2) is 34.1 Å². The van der Waals surface area contributed by atoms with E-state index in [4.69, 9.17) is 4.74 Å². The zero-order valence-electron chi connectivity index (χ0n) is 10.5. The first-order valence-corrected chi connectivity index (χ1v) is 8.80. The van der Waals surface area contributed by atoms with Crippen LogP contribution in [0.4, 0.5) is 3.89 Å². The summed E-state index contributed by atoms with van der Waals surface area (Å²) in [5, 5.41) is 0. The quantitative estimate of drug-likeness (QED) is 0.828. The normalized spacial score (nSPS) is 20.8. The first-order chi connectivity index (χ1) is 9.29. The average Bonchev–Trinajstić information content (AvgIpc) is 2.38. The van der Waals surface area contributed by atoms with Crippen molar-refractivity contribution in [1.29, 1.82) is 0 Å². The largest absolute Gasteiger partial charge is 0.380 e. The topological polar surface area (TPSA) is 89.5 Å². The van der Waals surface area contributed by atoms with Crippen LogP contribution in [-0.4, -0.2) is 36.1 Å².